The topological polar surface area (TPSA) is 42.0 Å². The summed E-state index contributed by atoms with van der Waals surface area (Å²) >= 11 is 0. The molecular formula is C14H20N2O. The first-order valence-electron chi connectivity index (χ1n) is 6.58. The van der Waals surface area contributed by atoms with Gasteiger partial charge in [0, 0.05) is 18.7 Å². The average molecular weight is 232 g/mol. The molecule has 1 aliphatic heterocycles. The van der Waals surface area contributed by atoms with Crippen LogP contribution in [0.1, 0.15) is 55.1 Å². The lowest BCUT2D eigenvalue weighted by molar-refractivity contribution is 0.0983. The molecule has 3 heteroatoms. The molecule has 2 rings (SSSR count). The molecule has 0 saturated carbocycles. The van der Waals surface area contributed by atoms with Gasteiger partial charge in [0.15, 0.2) is 5.78 Å². The summed E-state index contributed by atoms with van der Waals surface area (Å²) in [5.74, 6) is 1.01. The Morgan fingerprint density at radius 3 is 3.06 bits per heavy atom. The van der Waals surface area contributed by atoms with Gasteiger partial charge in [0.25, 0.3) is 0 Å². The van der Waals surface area contributed by atoms with Crippen LogP contribution in [0.25, 0.3) is 0 Å². The van der Waals surface area contributed by atoms with Gasteiger partial charge in [-0.1, -0.05) is 19.8 Å². The third kappa shape index (κ3) is 3.05. The number of rotatable bonds is 4. The Bertz CT molecular complexity index is 401. The van der Waals surface area contributed by atoms with Gasteiger partial charge in [-0.05, 0) is 31.4 Å². The van der Waals surface area contributed by atoms with Crippen molar-refractivity contribution in [3.05, 3.63) is 23.4 Å². The number of anilines is 1. The number of fused-ring (bicyclic) bond motifs is 1. The van der Waals surface area contributed by atoms with E-state index in [2.05, 4.69) is 17.2 Å². The summed E-state index contributed by atoms with van der Waals surface area (Å²) in [6, 6.07) is 3.93. The standard InChI is InChI=1S/C14H20N2O/c1-2-3-4-6-11-8-9-12-13(17)7-5-10-15-14(12)16-11/h8-9H,2-7,10H2,1H3,(H,15,16). The number of ketones is 1. The molecule has 1 aliphatic rings. The van der Waals surface area contributed by atoms with Crippen molar-refractivity contribution >= 4 is 11.6 Å². The van der Waals surface area contributed by atoms with Crippen molar-refractivity contribution in [3.63, 3.8) is 0 Å². The highest BCUT2D eigenvalue weighted by molar-refractivity contribution is 6.00. The first-order chi connectivity index (χ1) is 8.31. The second-order valence-electron chi connectivity index (χ2n) is 4.61. The Balaban J connectivity index is 2.12. The molecule has 0 atom stereocenters. The van der Waals surface area contributed by atoms with Crippen molar-refractivity contribution < 1.29 is 4.79 Å². The zero-order chi connectivity index (χ0) is 12.1. The van der Waals surface area contributed by atoms with E-state index < -0.39 is 0 Å². The number of hydrogen-bond donors (Lipinski definition) is 1. The normalized spacial score (nSPS) is 15.0. The quantitative estimate of drug-likeness (QED) is 0.810. The molecule has 3 nitrogen and oxygen atoms in total. The van der Waals surface area contributed by atoms with Gasteiger partial charge in [0.05, 0.1) is 5.56 Å². The van der Waals surface area contributed by atoms with Gasteiger partial charge < -0.3 is 5.32 Å². The summed E-state index contributed by atoms with van der Waals surface area (Å²) in [5, 5.41) is 3.25. The molecule has 0 saturated heterocycles. The zero-order valence-electron chi connectivity index (χ0n) is 10.5. The number of carbonyl (C=O) groups is 1. The minimum atomic E-state index is 0.220. The molecule has 0 radical (unpaired) electrons. The lowest BCUT2D eigenvalue weighted by Gasteiger charge is -2.08. The number of nitrogens with one attached hydrogen (secondary N) is 1. The number of pyridine rings is 1. The molecular weight excluding hydrogens is 212 g/mol. The van der Waals surface area contributed by atoms with Gasteiger partial charge in [-0.25, -0.2) is 4.98 Å². The van der Waals surface area contributed by atoms with Crippen LogP contribution in [0.4, 0.5) is 5.82 Å². The predicted molar refractivity (Wildman–Crippen MR) is 69.5 cm³/mol. The Morgan fingerprint density at radius 2 is 2.24 bits per heavy atom. The third-order valence-corrected chi connectivity index (χ3v) is 3.16. The maximum absolute atomic E-state index is 11.8. The van der Waals surface area contributed by atoms with E-state index in [-0.39, 0.29) is 5.78 Å². The van der Waals surface area contributed by atoms with Gasteiger partial charge in [-0.3, -0.25) is 4.79 Å². The van der Waals surface area contributed by atoms with Crippen molar-refractivity contribution in [1.82, 2.24) is 4.98 Å². The number of nitrogens with zero attached hydrogens (tertiary/aromatic N) is 1. The lowest BCUT2D eigenvalue weighted by atomic mass is 10.1. The van der Waals surface area contributed by atoms with Gasteiger partial charge in [-0.15, -0.1) is 0 Å². The molecule has 0 aliphatic carbocycles. The van der Waals surface area contributed by atoms with Crippen LogP contribution in [-0.2, 0) is 6.42 Å². The Hall–Kier alpha value is -1.38. The van der Waals surface area contributed by atoms with Gasteiger partial charge in [-0.2, -0.15) is 0 Å². The van der Waals surface area contributed by atoms with E-state index in [4.69, 9.17) is 0 Å². The smallest absolute Gasteiger partial charge is 0.166 e. The predicted octanol–water partition coefficient (Wildman–Crippen LogP) is 3.20. The number of carbonyl (C=O) groups excluding carboxylic acids is 1. The molecule has 1 N–H and O–H groups in total. The molecule has 0 bridgehead atoms. The Kier molecular flexibility index (Phi) is 4.13. The average Bonchev–Trinajstić information content (AvgIpc) is 2.52. The van der Waals surface area contributed by atoms with Crippen LogP contribution in [0.5, 0.6) is 0 Å². The minimum absolute atomic E-state index is 0.220. The SMILES string of the molecule is CCCCCc1ccc2c(n1)NCCCC2=O. The highest BCUT2D eigenvalue weighted by Crippen LogP contribution is 2.20. The van der Waals surface area contributed by atoms with E-state index in [1.54, 1.807) is 0 Å². The summed E-state index contributed by atoms with van der Waals surface area (Å²) in [6.07, 6.45) is 6.19. The van der Waals surface area contributed by atoms with E-state index in [0.717, 1.165) is 36.5 Å². The van der Waals surface area contributed by atoms with E-state index >= 15 is 0 Å². The fourth-order valence-electron chi connectivity index (χ4n) is 2.15. The van der Waals surface area contributed by atoms with Crippen LogP contribution in [-0.4, -0.2) is 17.3 Å². The summed E-state index contributed by atoms with van der Waals surface area (Å²) in [6.45, 7) is 3.05. The van der Waals surface area contributed by atoms with Gasteiger partial charge >= 0.3 is 0 Å². The number of aryl methyl sites for hydroxylation is 1. The van der Waals surface area contributed by atoms with Crippen molar-refractivity contribution in [2.24, 2.45) is 0 Å². The molecule has 0 unspecified atom stereocenters. The van der Waals surface area contributed by atoms with Crippen LogP contribution >= 0.6 is 0 Å². The molecule has 1 aromatic heterocycles. The molecule has 0 amide bonds. The third-order valence-electron chi connectivity index (χ3n) is 3.16. The van der Waals surface area contributed by atoms with Gasteiger partial charge in [0.1, 0.15) is 5.82 Å². The molecule has 0 fully saturated rings. The summed E-state index contributed by atoms with van der Waals surface area (Å²) in [5.41, 5.74) is 1.86. The largest absolute Gasteiger partial charge is 0.369 e. The van der Waals surface area contributed by atoms with Crippen LogP contribution in [0.3, 0.4) is 0 Å². The maximum Gasteiger partial charge on any atom is 0.166 e. The number of Topliss-reactive ketones (excluding diaryl/α,β-unsaturated/α-hetero) is 1. The molecule has 17 heavy (non-hydrogen) atoms. The summed E-state index contributed by atoms with van der Waals surface area (Å²) in [7, 11) is 0. The number of aromatic nitrogens is 1. The van der Waals surface area contributed by atoms with E-state index in [1.807, 2.05) is 12.1 Å². The molecule has 2 heterocycles. The fraction of sp³-hybridized carbons (Fsp3) is 0.571. The second kappa shape index (κ2) is 5.80. The van der Waals surface area contributed by atoms with Crippen LogP contribution in [0.15, 0.2) is 12.1 Å². The van der Waals surface area contributed by atoms with E-state index in [1.165, 1.54) is 19.3 Å². The fourth-order valence-corrected chi connectivity index (χ4v) is 2.15. The lowest BCUT2D eigenvalue weighted by Crippen LogP contribution is -2.05. The monoisotopic (exact) mass is 232 g/mol. The summed E-state index contributed by atoms with van der Waals surface area (Å²) < 4.78 is 0. The van der Waals surface area contributed by atoms with Crippen LogP contribution in [0, 0.1) is 0 Å². The van der Waals surface area contributed by atoms with Gasteiger partial charge in [0.2, 0.25) is 0 Å². The highest BCUT2D eigenvalue weighted by Gasteiger charge is 2.16. The number of hydrogen-bond acceptors (Lipinski definition) is 3. The Morgan fingerprint density at radius 1 is 1.35 bits per heavy atom. The first kappa shape index (κ1) is 12.1. The van der Waals surface area contributed by atoms with Crippen LogP contribution < -0.4 is 5.32 Å². The first-order valence-corrected chi connectivity index (χ1v) is 6.58. The molecule has 0 aromatic carbocycles. The van der Waals surface area contributed by atoms with Crippen molar-refractivity contribution in [2.75, 3.05) is 11.9 Å². The van der Waals surface area contributed by atoms with Crippen molar-refractivity contribution in [2.45, 2.75) is 45.4 Å². The van der Waals surface area contributed by atoms with Crippen molar-refractivity contribution in [1.29, 1.82) is 0 Å². The van der Waals surface area contributed by atoms with Crippen LogP contribution in [0.2, 0.25) is 0 Å². The summed E-state index contributed by atoms with van der Waals surface area (Å²) in [4.78, 5) is 16.4. The molecule has 1 aromatic rings. The second-order valence-corrected chi connectivity index (χ2v) is 4.61. The highest BCUT2D eigenvalue weighted by atomic mass is 16.1. The maximum atomic E-state index is 11.8. The molecule has 0 spiro atoms. The molecule has 92 valence electrons. The van der Waals surface area contributed by atoms with E-state index in [9.17, 15) is 4.79 Å². The number of unbranched alkanes of at least 4 members (excludes halogenated alkanes) is 2. The van der Waals surface area contributed by atoms with E-state index in [0.29, 0.717) is 6.42 Å². The Labute approximate surface area is 103 Å². The minimum Gasteiger partial charge on any atom is -0.369 e. The van der Waals surface area contributed by atoms with Crippen molar-refractivity contribution in [3.8, 4) is 0 Å². The zero-order valence-corrected chi connectivity index (χ0v) is 10.5.